The van der Waals surface area contributed by atoms with E-state index < -0.39 is 0 Å². The molecule has 1 aliphatic heterocycles. The highest BCUT2D eigenvalue weighted by Gasteiger charge is 2.21. The van der Waals surface area contributed by atoms with E-state index in [0.29, 0.717) is 13.0 Å². The number of rotatable bonds is 5. The summed E-state index contributed by atoms with van der Waals surface area (Å²) in [6.45, 7) is 1.39. The number of anilines is 2. The normalized spacial score (nSPS) is 14.0. The van der Waals surface area contributed by atoms with Gasteiger partial charge in [-0.3, -0.25) is 4.79 Å². The zero-order chi connectivity index (χ0) is 17.9. The average Bonchev–Trinajstić information content (AvgIpc) is 3.27. The lowest BCUT2D eigenvalue weighted by atomic mass is 10.2. The fraction of sp³-hybridized carbons (Fsp3) is 0.250. The second-order valence-electron chi connectivity index (χ2n) is 6.41. The first-order valence-electron chi connectivity index (χ1n) is 8.80. The Bertz CT molecular complexity index is 902. The van der Waals surface area contributed by atoms with Crippen molar-refractivity contribution in [3.63, 3.8) is 0 Å². The van der Waals surface area contributed by atoms with Crippen LogP contribution in [0.3, 0.4) is 0 Å². The van der Waals surface area contributed by atoms with E-state index in [1.165, 1.54) is 0 Å². The van der Waals surface area contributed by atoms with Gasteiger partial charge < -0.3 is 14.8 Å². The summed E-state index contributed by atoms with van der Waals surface area (Å²) in [5.74, 6) is 1.92. The van der Waals surface area contributed by atoms with Crippen molar-refractivity contribution in [2.45, 2.75) is 19.4 Å². The number of hydrogen-bond acceptors (Lipinski definition) is 4. The Labute approximate surface area is 152 Å². The van der Waals surface area contributed by atoms with Crippen molar-refractivity contribution < 1.29 is 4.79 Å². The summed E-state index contributed by atoms with van der Waals surface area (Å²) >= 11 is 0. The highest BCUT2D eigenvalue weighted by atomic mass is 16.2. The fourth-order valence-corrected chi connectivity index (χ4v) is 3.22. The van der Waals surface area contributed by atoms with Gasteiger partial charge in [-0.05, 0) is 30.7 Å². The number of carbonyl (C=O) groups excluding carboxylic acids is 1. The van der Waals surface area contributed by atoms with Crippen LogP contribution in [-0.4, -0.2) is 27.2 Å². The summed E-state index contributed by atoms with van der Waals surface area (Å²) in [5.41, 5.74) is 3.00. The Balaban J connectivity index is 1.43. The average molecular weight is 347 g/mol. The summed E-state index contributed by atoms with van der Waals surface area (Å²) in [4.78, 5) is 13.7. The van der Waals surface area contributed by atoms with Crippen LogP contribution in [0.4, 0.5) is 11.4 Å². The van der Waals surface area contributed by atoms with Gasteiger partial charge in [0.15, 0.2) is 11.6 Å². The summed E-state index contributed by atoms with van der Waals surface area (Å²) in [6, 6.07) is 18.0. The van der Waals surface area contributed by atoms with E-state index in [4.69, 9.17) is 0 Å². The molecule has 0 atom stereocenters. The van der Waals surface area contributed by atoms with E-state index >= 15 is 0 Å². The molecule has 1 saturated heterocycles. The predicted octanol–water partition coefficient (Wildman–Crippen LogP) is 3.22. The summed E-state index contributed by atoms with van der Waals surface area (Å²) in [5, 5.41) is 12.0. The molecule has 0 radical (unpaired) electrons. The van der Waals surface area contributed by atoms with E-state index in [0.717, 1.165) is 41.6 Å². The molecule has 1 N–H and O–H groups in total. The van der Waals surface area contributed by atoms with E-state index in [1.807, 2.05) is 71.1 Å². The van der Waals surface area contributed by atoms with Crippen LogP contribution in [0.15, 0.2) is 54.6 Å². The van der Waals surface area contributed by atoms with Crippen molar-refractivity contribution in [2.24, 2.45) is 7.05 Å². The van der Waals surface area contributed by atoms with Crippen molar-refractivity contribution in [2.75, 3.05) is 16.8 Å². The van der Waals surface area contributed by atoms with Gasteiger partial charge in [-0.15, -0.1) is 10.2 Å². The Kier molecular flexibility index (Phi) is 4.39. The molecule has 2 heterocycles. The van der Waals surface area contributed by atoms with Crippen LogP contribution in [0.5, 0.6) is 0 Å². The zero-order valence-electron chi connectivity index (χ0n) is 14.7. The quantitative estimate of drug-likeness (QED) is 0.770. The Hall–Kier alpha value is -3.15. The molecule has 132 valence electrons. The summed E-state index contributed by atoms with van der Waals surface area (Å²) in [7, 11) is 1.97. The molecule has 1 amide bonds. The minimum absolute atomic E-state index is 0.207. The van der Waals surface area contributed by atoms with Crippen LogP contribution >= 0.6 is 0 Å². The monoisotopic (exact) mass is 347 g/mol. The molecule has 1 fully saturated rings. The molecular weight excluding hydrogens is 326 g/mol. The van der Waals surface area contributed by atoms with Gasteiger partial charge in [0.25, 0.3) is 0 Å². The van der Waals surface area contributed by atoms with E-state index in [1.54, 1.807) is 0 Å². The standard InChI is InChI=1S/C20H21N5O/c1-24-18(22-23-20(24)15-6-3-2-4-7-15)14-21-16-9-11-17(12-10-16)25-13-5-8-19(25)26/h2-4,6-7,9-12,21H,5,8,13-14H2,1H3. The Morgan fingerprint density at radius 1 is 1.04 bits per heavy atom. The van der Waals surface area contributed by atoms with Crippen LogP contribution in [-0.2, 0) is 18.4 Å². The molecule has 0 aliphatic carbocycles. The van der Waals surface area contributed by atoms with Gasteiger partial charge >= 0.3 is 0 Å². The lowest BCUT2D eigenvalue weighted by Crippen LogP contribution is -2.23. The van der Waals surface area contributed by atoms with Gasteiger partial charge in [-0.2, -0.15) is 0 Å². The fourth-order valence-electron chi connectivity index (χ4n) is 3.22. The lowest BCUT2D eigenvalue weighted by molar-refractivity contribution is -0.117. The first kappa shape index (κ1) is 16.3. The third-order valence-corrected chi connectivity index (χ3v) is 4.70. The van der Waals surface area contributed by atoms with Gasteiger partial charge in [0.05, 0.1) is 6.54 Å². The van der Waals surface area contributed by atoms with Gasteiger partial charge in [0.1, 0.15) is 0 Å². The molecule has 0 unspecified atom stereocenters. The number of carbonyl (C=O) groups is 1. The first-order chi connectivity index (χ1) is 12.7. The number of aromatic nitrogens is 3. The molecule has 0 bridgehead atoms. The first-order valence-corrected chi connectivity index (χ1v) is 8.80. The van der Waals surface area contributed by atoms with Crippen LogP contribution in [0.2, 0.25) is 0 Å². The smallest absolute Gasteiger partial charge is 0.227 e. The van der Waals surface area contributed by atoms with Gasteiger partial charge in [0.2, 0.25) is 5.91 Å². The van der Waals surface area contributed by atoms with E-state index in [2.05, 4.69) is 15.5 Å². The topological polar surface area (TPSA) is 63.1 Å². The largest absolute Gasteiger partial charge is 0.378 e. The van der Waals surface area contributed by atoms with Gasteiger partial charge in [-0.25, -0.2) is 0 Å². The maximum atomic E-state index is 11.8. The van der Waals surface area contributed by atoms with Crippen molar-refractivity contribution in [1.29, 1.82) is 0 Å². The Morgan fingerprint density at radius 2 is 1.81 bits per heavy atom. The lowest BCUT2D eigenvalue weighted by Gasteiger charge is -2.16. The van der Waals surface area contributed by atoms with Crippen LogP contribution < -0.4 is 10.2 Å². The van der Waals surface area contributed by atoms with E-state index in [-0.39, 0.29) is 5.91 Å². The second-order valence-corrected chi connectivity index (χ2v) is 6.41. The molecule has 4 rings (SSSR count). The van der Waals surface area contributed by atoms with Crippen molar-refractivity contribution in [3.8, 4) is 11.4 Å². The van der Waals surface area contributed by atoms with Crippen molar-refractivity contribution in [3.05, 3.63) is 60.4 Å². The van der Waals surface area contributed by atoms with Crippen molar-refractivity contribution >= 4 is 17.3 Å². The molecule has 1 aliphatic rings. The number of amides is 1. The number of hydrogen-bond donors (Lipinski definition) is 1. The molecule has 6 nitrogen and oxygen atoms in total. The zero-order valence-corrected chi connectivity index (χ0v) is 14.7. The number of benzene rings is 2. The molecule has 26 heavy (non-hydrogen) atoms. The summed E-state index contributed by atoms with van der Waals surface area (Å²) < 4.78 is 2.00. The van der Waals surface area contributed by atoms with E-state index in [9.17, 15) is 4.79 Å². The SMILES string of the molecule is Cn1c(CNc2ccc(N3CCCC3=O)cc2)nnc1-c1ccccc1. The third kappa shape index (κ3) is 3.18. The maximum absolute atomic E-state index is 11.8. The van der Waals surface area contributed by atoms with Gasteiger partial charge in [-0.1, -0.05) is 30.3 Å². The number of nitrogens with one attached hydrogen (secondary N) is 1. The molecule has 0 spiro atoms. The second kappa shape index (κ2) is 7.00. The molecule has 6 heteroatoms. The van der Waals surface area contributed by atoms with Crippen molar-refractivity contribution in [1.82, 2.24) is 14.8 Å². The molecule has 0 saturated carbocycles. The van der Waals surface area contributed by atoms with Crippen LogP contribution in [0, 0.1) is 0 Å². The molecule has 2 aromatic carbocycles. The summed E-state index contributed by atoms with van der Waals surface area (Å²) in [6.07, 6.45) is 1.59. The molecular formula is C20H21N5O. The molecule has 3 aromatic rings. The number of nitrogens with zero attached hydrogens (tertiary/aromatic N) is 4. The highest BCUT2D eigenvalue weighted by Crippen LogP contribution is 2.23. The minimum Gasteiger partial charge on any atom is -0.378 e. The third-order valence-electron chi connectivity index (χ3n) is 4.70. The van der Waals surface area contributed by atoms with Gasteiger partial charge in [0, 0.05) is 37.0 Å². The Morgan fingerprint density at radius 3 is 2.50 bits per heavy atom. The minimum atomic E-state index is 0.207. The highest BCUT2D eigenvalue weighted by molar-refractivity contribution is 5.95. The van der Waals surface area contributed by atoms with Crippen LogP contribution in [0.25, 0.3) is 11.4 Å². The predicted molar refractivity (Wildman–Crippen MR) is 102 cm³/mol. The van der Waals surface area contributed by atoms with Crippen LogP contribution in [0.1, 0.15) is 18.7 Å². The maximum Gasteiger partial charge on any atom is 0.227 e. The molecule has 1 aromatic heterocycles.